The summed E-state index contributed by atoms with van der Waals surface area (Å²) in [4.78, 5) is 0. The molecular formula is C7H5ClF2O. The molecule has 1 rings (SSSR count). The Kier molecular flexibility index (Phi) is 2.29. The number of alkyl halides is 1. The predicted octanol–water partition coefficient (Wildman–Crippen LogP) is 2.41. The van der Waals surface area contributed by atoms with Crippen LogP contribution in [0.5, 0.6) is 5.75 Å². The molecule has 0 radical (unpaired) electrons. The standard InChI is InChI=1S/C7H5ClF2O/c8-3-4-1-5(9)7(10)6(11)2-4/h1-2,11H,3H2. The molecule has 0 bridgehead atoms. The molecule has 0 aliphatic rings. The van der Waals surface area contributed by atoms with Crippen LogP contribution in [-0.2, 0) is 5.88 Å². The van der Waals surface area contributed by atoms with Crippen LogP contribution in [-0.4, -0.2) is 5.11 Å². The molecule has 0 aliphatic heterocycles. The third kappa shape index (κ3) is 1.60. The lowest BCUT2D eigenvalue weighted by Gasteiger charge is -1.99. The van der Waals surface area contributed by atoms with E-state index < -0.39 is 17.4 Å². The van der Waals surface area contributed by atoms with E-state index in [4.69, 9.17) is 16.7 Å². The van der Waals surface area contributed by atoms with Gasteiger partial charge in [0.2, 0.25) is 0 Å². The number of rotatable bonds is 1. The second kappa shape index (κ2) is 3.05. The zero-order valence-corrected chi connectivity index (χ0v) is 6.20. The molecule has 1 aromatic carbocycles. The van der Waals surface area contributed by atoms with Gasteiger partial charge < -0.3 is 5.11 Å². The lowest BCUT2D eigenvalue weighted by Crippen LogP contribution is -1.87. The molecule has 0 fully saturated rings. The van der Waals surface area contributed by atoms with E-state index in [2.05, 4.69) is 0 Å². The average molecular weight is 179 g/mol. The van der Waals surface area contributed by atoms with Gasteiger partial charge in [-0.1, -0.05) is 0 Å². The van der Waals surface area contributed by atoms with Crippen molar-refractivity contribution in [2.75, 3.05) is 0 Å². The number of phenols is 1. The number of phenolic OH excluding ortho intramolecular Hbond substituents is 1. The molecule has 0 saturated heterocycles. The van der Waals surface area contributed by atoms with Crippen molar-refractivity contribution in [3.8, 4) is 5.75 Å². The van der Waals surface area contributed by atoms with Crippen molar-refractivity contribution in [1.29, 1.82) is 0 Å². The van der Waals surface area contributed by atoms with Crippen LogP contribution in [0.1, 0.15) is 5.56 Å². The highest BCUT2D eigenvalue weighted by Gasteiger charge is 2.08. The van der Waals surface area contributed by atoms with Crippen molar-refractivity contribution >= 4 is 11.6 Å². The lowest BCUT2D eigenvalue weighted by atomic mass is 10.2. The summed E-state index contributed by atoms with van der Waals surface area (Å²) in [6.07, 6.45) is 0. The normalized spacial score (nSPS) is 10.1. The van der Waals surface area contributed by atoms with Crippen molar-refractivity contribution in [2.24, 2.45) is 0 Å². The van der Waals surface area contributed by atoms with E-state index >= 15 is 0 Å². The summed E-state index contributed by atoms with van der Waals surface area (Å²) in [7, 11) is 0. The zero-order valence-electron chi connectivity index (χ0n) is 5.44. The van der Waals surface area contributed by atoms with Crippen molar-refractivity contribution in [3.63, 3.8) is 0 Å². The Labute approximate surface area is 67.2 Å². The van der Waals surface area contributed by atoms with Gasteiger partial charge in [-0.3, -0.25) is 0 Å². The Bertz CT molecular complexity index is 252. The fourth-order valence-electron chi connectivity index (χ4n) is 0.706. The molecular weight excluding hydrogens is 174 g/mol. The molecule has 60 valence electrons. The molecule has 0 amide bonds. The highest BCUT2D eigenvalue weighted by molar-refractivity contribution is 6.17. The molecule has 0 heterocycles. The Morgan fingerprint density at radius 2 is 2.00 bits per heavy atom. The first-order chi connectivity index (χ1) is 5.15. The van der Waals surface area contributed by atoms with E-state index in [-0.39, 0.29) is 5.88 Å². The third-order valence-electron chi connectivity index (χ3n) is 1.22. The van der Waals surface area contributed by atoms with Gasteiger partial charge in [0.15, 0.2) is 17.4 Å². The van der Waals surface area contributed by atoms with Gasteiger partial charge in [-0.25, -0.2) is 4.39 Å². The SMILES string of the molecule is Oc1cc(CCl)cc(F)c1F. The minimum absolute atomic E-state index is 0.0464. The zero-order chi connectivity index (χ0) is 8.43. The van der Waals surface area contributed by atoms with E-state index in [1.807, 2.05) is 0 Å². The molecule has 0 aliphatic carbocycles. The Balaban J connectivity index is 3.21. The van der Waals surface area contributed by atoms with Crippen LogP contribution < -0.4 is 0 Å². The fourth-order valence-corrected chi connectivity index (χ4v) is 0.861. The van der Waals surface area contributed by atoms with Crippen LogP contribution in [0.4, 0.5) is 8.78 Å². The largest absolute Gasteiger partial charge is 0.505 e. The highest BCUT2D eigenvalue weighted by atomic mass is 35.5. The molecule has 1 N–H and O–H groups in total. The first kappa shape index (κ1) is 8.27. The number of halogens is 3. The number of benzene rings is 1. The van der Waals surface area contributed by atoms with E-state index in [0.717, 1.165) is 12.1 Å². The monoisotopic (exact) mass is 178 g/mol. The highest BCUT2D eigenvalue weighted by Crippen LogP contribution is 2.21. The molecule has 0 spiro atoms. The molecule has 0 aromatic heterocycles. The molecule has 11 heavy (non-hydrogen) atoms. The summed E-state index contributed by atoms with van der Waals surface area (Å²) in [5.41, 5.74) is 0.350. The summed E-state index contributed by atoms with van der Waals surface area (Å²) >= 11 is 5.32. The quantitative estimate of drug-likeness (QED) is 0.655. The minimum Gasteiger partial charge on any atom is -0.505 e. The summed E-state index contributed by atoms with van der Waals surface area (Å²) in [6.45, 7) is 0. The van der Waals surface area contributed by atoms with Gasteiger partial charge in [-0.05, 0) is 17.7 Å². The van der Waals surface area contributed by atoms with E-state index in [1.165, 1.54) is 0 Å². The van der Waals surface area contributed by atoms with Gasteiger partial charge in [0.25, 0.3) is 0 Å². The first-order valence-corrected chi connectivity index (χ1v) is 3.41. The second-order valence-corrected chi connectivity index (χ2v) is 2.31. The maximum absolute atomic E-state index is 12.4. The smallest absolute Gasteiger partial charge is 0.200 e. The summed E-state index contributed by atoms with van der Waals surface area (Å²) in [6, 6.07) is 2.04. The predicted molar refractivity (Wildman–Crippen MR) is 37.6 cm³/mol. The van der Waals surface area contributed by atoms with Crippen LogP contribution in [0.3, 0.4) is 0 Å². The Morgan fingerprint density at radius 1 is 1.36 bits per heavy atom. The van der Waals surface area contributed by atoms with E-state index in [9.17, 15) is 8.78 Å². The summed E-state index contributed by atoms with van der Waals surface area (Å²) < 4.78 is 24.8. The van der Waals surface area contributed by atoms with Crippen LogP contribution in [0.25, 0.3) is 0 Å². The van der Waals surface area contributed by atoms with Gasteiger partial charge in [0.05, 0.1) is 0 Å². The summed E-state index contributed by atoms with van der Waals surface area (Å²) in [5.74, 6) is -2.98. The molecule has 4 heteroatoms. The maximum atomic E-state index is 12.4. The third-order valence-corrected chi connectivity index (χ3v) is 1.53. The Morgan fingerprint density at radius 3 is 2.45 bits per heavy atom. The Hall–Kier alpha value is -0.830. The molecule has 0 unspecified atom stereocenters. The summed E-state index contributed by atoms with van der Waals surface area (Å²) in [5, 5.41) is 8.74. The van der Waals surface area contributed by atoms with E-state index in [1.54, 1.807) is 0 Å². The maximum Gasteiger partial charge on any atom is 0.200 e. The van der Waals surface area contributed by atoms with Crippen molar-refractivity contribution in [2.45, 2.75) is 5.88 Å². The van der Waals surface area contributed by atoms with Gasteiger partial charge in [0.1, 0.15) is 0 Å². The van der Waals surface area contributed by atoms with E-state index in [0.29, 0.717) is 5.56 Å². The topological polar surface area (TPSA) is 20.2 Å². The number of hydrogen-bond donors (Lipinski definition) is 1. The van der Waals surface area contributed by atoms with Crippen molar-refractivity contribution < 1.29 is 13.9 Å². The second-order valence-electron chi connectivity index (χ2n) is 2.04. The van der Waals surface area contributed by atoms with Crippen LogP contribution in [0.2, 0.25) is 0 Å². The molecule has 1 aromatic rings. The molecule has 1 nitrogen and oxygen atoms in total. The van der Waals surface area contributed by atoms with Crippen LogP contribution in [0.15, 0.2) is 12.1 Å². The van der Waals surface area contributed by atoms with Crippen LogP contribution in [0, 0.1) is 11.6 Å². The molecule has 0 saturated carbocycles. The van der Waals surface area contributed by atoms with Gasteiger partial charge in [0, 0.05) is 5.88 Å². The number of aromatic hydroxyl groups is 1. The van der Waals surface area contributed by atoms with Gasteiger partial charge >= 0.3 is 0 Å². The first-order valence-electron chi connectivity index (χ1n) is 2.88. The lowest BCUT2D eigenvalue weighted by molar-refractivity contribution is 0.406. The van der Waals surface area contributed by atoms with Gasteiger partial charge in [-0.15, -0.1) is 11.6 Å². The van der Waals surface area contributed by atoms with Crippen molar-refractivity contribution in [3.05, 3.63) is 29.3 Å². The average Bonchev–Trinajstić information content (AvgIpc) is 1.99. The van der Waals surface area contributed by atoms with Gasteiger partial charge in [-0.2, -0.15) is 4.39 Å². The minimum atomic E-state index is -1.24. The van der Waals surface area contributed by atoms with Crippen LogP contribution >= 0.6 is 11.6 Å². The van der Waals surface area contributed by atoms with Crippen molar-refractivity contribution in [1.82, 2.24) is 0 Å². The fraction of sp³-hybridized carbons (Fsp3) is 0.143. The molecule has 0 atom stereocenters. The number of hydrogen-bond acceptors (Lipinski definition) is 1.